The number of aromatic hydroxyl groups is 1. The minimum Gasteiger partial charge on any atom is -0.504 e. The third-order valence-electron chi connectivity index (χ3n) is 5.21. The van der Waals surface area contributed by atoms with E-state index < -0.39 is 6.10 Å². The summed E-state index contributed by atoms with van der Waals surface area (Å²) in [6, 6.07) is 16.1. The monoisotopic (exact) mass is 450 g/mol. The van der Waals surface area contributed by atoms with Crippen LogP contribution in [0.3, 0.4) is 0 Å². The van der Waals surface area contributed by atoms with Crippen LogP contribution in [0.1, 0.15) is 29.7 Å². The highest BCUT2D eigenvalue weighted by Gasteiger charge is 2.12. The van der Waals surface area contributed by atoms with Gasteiger partial charge in [-0.15, -0.1) is 0 Å². The number of phenolic OH excluding ortho intramolecular Hbond substituents is 1. The molecule has 6 N–H and O–H groups in total. The summed E-state index contributed by atoms with van der Waals surface area (Å²) in [5.74, 6) is 0.559. The van der Waals surface area contributed by atoms with Crippen LogP contribution in [0.15, 0.2) is 60.8 Å². The Morgan fingerprint density at radius 1 is 1.15 bits per heavy atom. The molecule has 33 heavy (non-hydrogen) atoms. The molecule has 0 radical (unpaired) electrons. The lowest BCUT2D eigenvalue weighted by Crippen LogP contribution is -2.32. The Bertz CT molecular complexity index is 1070. The number of carbonyl (C=O) groups is 1. The number of nitrogens with one attached hydrogen (secondary N) is 2. The summed E-state index contributed by atoms with van der Waals surface area (Å²) in [6.45, 7) is 2.44. The summed E-state index contributed by atoms with van der Waals surface area (Å²) in [5.41, 5.74) is 8.78. The summed E-state index contributed by atoms with van der Waals surface area (Å²) in [5, 5.41) is 26.3. The van der Waals surface area contributed by atoms with Crippen molar-refractivity contribution in [2.24, 2.45) is 0 Å². The predicted octanol–water partition coefficient (Wildman–Crippen LogP) is 2.81. The molecule has 0 fully saturated rings. The third-order valence-corrected chi connectivity index (χ3v) is 5.21. The average molecular weight is 451 g/mol. The van der Waals surface area contributed by atoms with Crippen LogP contribution in [-0.4, -0.2) is 40.8 Å². The summed E-state index contributed by atoms with van der Waals surface area (Å²) in [6.07, 6.45) is 1.86. The Kier molecular flexibility index (Phi) is 8.23. The van der Waals surface area contributed by atoms with Gasteiger partial charge in [-0.25, -0.2) is 4.98 Å². The van der Waals surface area contributed by atoms with Crippen molar-refractivity contribution >= 4 is 17.4 Å². The molecule has 2 aromatic carbocycles. The lowest BCUT2D eigenvalue weighted by atomic mass is 10.0. The maximum Gasteiger partial charge on any atom is 0.228 e. The molecule has 1 heterocycles. The van der Waals surface area contributed by atoms with Crippen molar-refractivity contribution in [3.8, 4) is 11.5 Å². The van der Waals surface area contributed by atoms with Crippen LogP contribution in [0.5, 0.6) is 11.5 Å². The molecule has 8 nitrogen and oxygen atoms in total. The van der Waals surface area contributed by atoms with Gasteiger partial charge in [-0.1, -0.05) is 30.3 Å². The van der Waals surface area contributed by atoms with Gasteiger partial charge in [0.15, 0.2) is 11.5 Å². The van der Waals surface area contributed by atoms with E-state index in [0.29, 0.717) is 29.4 Å². The molecule has 0 bridgehead atoms. The molecule has 0 aliphatic heterocycles. The number of phenols is 1. The zero-order valence-electron chi connectivity index (χ0n) is 18.8. The second-order valence-electron chi connectivity index (χ2n) is 7.98. The number of benzene rings is 2. The number of hydrogen-bond donors (Lipinski definition) is 5. The molecular formula is C25H30N4O4. The van der Waals surface area contributed by atoms with E-state index in [1.807, 2.05) is 31.2 Å². The van der Waals surface area contributed by atoms with Crippen molar-refractivity contribution in [1.29, 1.82) is 0 Å². The lowest BCUT2D eigenvalue weighted by Gasteiger charge is -2.18. The Balaban J connectivity index is 1.50. The van der Waals surface area contributed by atoms with Crippen molar-refractivity contribution in [3.05, 3.63) is 77.5 Å². The van der Waals surface area contributed by atoms with Crippen LogP contribution in [0.25, 0.3) is 0 Å². The fraction of sp³-hybridized carbons (Fsp3) is 0.280. The molecule has 1 amide bonds. The Hall–Kier alpha value is -3.62. The Labute approximate surface area is 193 Å². The van der Waals surface area contributed by atoms with Gasteiger partial charge in [-0.2, -0.15) is 0 Å². The van der Waals surface area contributed by atoms with Crippen LogP contribution in [-0.2, 0) is 17.6 Å². The standard InChI is InChI=1S/C25H30N4O4/c1-16(27-15-22(31)19-6-9-24(26)28-14-19)10-17-4-3-5-18(11-17)12-25(32)29-20-7-8-23(33-2)21(30)13-20/h3-9,11,13-14,16,22,27,30-31H,10,12,15H2,1-2H3,(H2,26,28)(H,29,32)/t16-,22+/m1/s1. The van der Waals surface area contributed by atoms with Crippen LogP contribution in [0.4, 0.5) is 11.5 Å². The first kappa shape index (κ1) is 24.0. The molecule has 0 unspecified atom stereocenters. The van der Waals surface area contributed by atoms with Crippen molar-refractivity contribution < 1.29 is 19.7 Å². The Morgan fingerprint density at radius 2 is 1.94 bits per heavy atom. The van der Waals surface area contributed by atoms with Crippen LogP contribution >= 0.6 is 0 Å². The normalized spacial score (nSPS) is 12.7. The highest BCUT2D eigenvalue weighted by atomic mass is 16.5. The highest BCUT2D eigenvalue weighted by Crippen LogP contribution is 2.28. The second-order valence-corrected chi connectivity index (χ2v) is 7.98. The number of aliphatic hydroxyl groups excluding tert-OH is 1. The summed E-state index contributed by atoms with van der Waals surface area (Å²) >= 11 is 0. The van der Waals surface area contributed by atoms with Gasteiger partial charge in [-0.3, -0.25) is 4.79 Å². The molecule has 8 heteroatoms. The largest absolute Gasteiger partial charge is 0.504 e. The highest BCUT2D eigenvalue weighted by molar-refractivity contribution is 5.92. The maximum absolute atomic E-state index is 12.4. The lowest BCUT2D eigenvalue weighted by molar-refractivity contribution is -0.115. The summed E-state index contributed by atoms with van der Waals surface area (Å²) in [4.78, 5) is 16.4. The maximum atomic E-state index is 12.4. The fourth-order valence-corrected chi connectivity index (χ4v) is 3.50. The molecule has 0 saturated carbocycles. The number of methoxy groups -OCH3 is 1. The summed E-state index contributed by atoms with van der Waals surface area (Å²) in [7, 11) is 1.47. The minimum absolute atomic E-state index is 0.0310. The SMILES string of the molecule is COc1ccc(NC(=O)Cc2cccc(C[C@@H](C)NC[C@H](O)c3ccc(N)nc3)c2)cc1O. The number of hydrogen-bond acceptors (Lipinski definition) is 7. The number of anilines is 2. The molecule has 3 aromatic rings. The van der Waals surface area contributed by atoms with Gasteiger partial charge >= 0.3 is 0 Å². The van der Waals surface area contributed by atoms with E-state index in [2.05, 4.69) is 15.6 Å². The first-order valence-corrected chi connectivity index (χ1v) is 10.7. The predicted molar refractivity (Wildman–Crippen MR) is 128 cm³/mol. The zero-order chi connectivity index (χ0) is 23.8. The molecule has 3 rings (SSSR count). The van der Waals surface area contributed by atoms with Gasteiger partial charge in [0.1, 0.15) is 5.82 Å². The number of nitrogens with zero attached hydrogens (tertiary/aromatic N) is 1. The third kappa shape index (κ3) is 7.20. The number of aromatic nitrogens is 1. The van der Waals surface area contributed by atoms with Crippen LogP contribution in [0, 0.1) is 0 Å². The number of nitrogens with two attached hydrogens (primary N) is 1. The van der Waals surface area contributed by atoms with E-state index in [1.165, 1.54) is 13.2 Å². The molecule has 2 atom stereocenters. The topological polar surface area (TPSA) is 130 Å². The number of rotatable bonds is 10. The molecular weight excluding hydrogens is 420 g/mol. The van der Waals surface area contributed by atoms with E-state index in [0.717, 1.165) is 17.5 Å². The van der Waals surface area contributed by atoms with E-state index in [9.17, 15) is 15.0 Å². The van der Waals surface area contributed by atoms with Crippen molar-refractivity contribution in [2.45, 2.75) is 31.9 Å². The zero-order valence-corrected chi connectivity index (χ0v) is 18.8. The number of amides is 1. The average Bonchev–Trinajstić information content (AvgIpc) is 2.78. The van der Waals surface area contributed by atoms with Gasteiger partial charge in [0, 0.05) is 36.1 Å². The number of ether oxygens (including phenoxy) is 1. The number of carbonyl (C=O) groups excluding carboxylic acids is 1. The van der Waals surface area contributed by atoms with E-state index in [4.69, 9.17) is 10.5 Å². The van der Waals surface area contributed by atoms with E-state index in [1.54, 1.807) is 30.5 Å². The minimum atomic E-state index is -0.673. The van der Waals surface area contributed by atoms with Crippen LogP contribution in [0.2, 0.25) is 0 Å². The van der Waals surface area contributed by atoms with Gasteiger partial charge in [0.25, 0.3) is 0 Å². The fourth-order valence-electron chi connectivity index (χ4n) is 3.50. The van der Waals surface area contributed by atoms with Gasteiger partial charge in [0.2, 0.25) is 5.91 Å². The first-order valence-electron chi connectivity index (χ1n) is 10.7. The molecule has 0 spiro atoms. The molecule has 0 saturated heterocycles. The van der Waals surface area contributed by atoms with Gasteiger partial charge < -0.3 is 31.3 Å². The Morgan fingerprint density at radius 3 is 2.64 bits per heavy atom. The van der Waals surface area contributed by atoms with E-state index in [-0.39, 0.29) is 24.1 Å². The quantitative estimate of drug-likeness (QED) is 0.321. The van der Waals surface area contributed by atoms with Gasteiger partial charge in [-0.05, 0) is 42.7 Å². The number of pyridine rings is 1. The van der Waals surface area contributed by atoms with Crippen molar-refractivity contribution in [2.75, 3.05) is 24.7 Å². The second kappa shape index (κ2) is 11.3. The van der Waals surface area contributed by atoms with Crippen molar-refractivity contribution in [1.82, 2.24) is 10.3 Å². The number of aliphatic hydroxyl groups is 1. The smallest absolute Gasteiger partial charge is 0.228 e. The number of nitrogen functional groups attached to an aromatic ring is 1. The summed E-state index contributed by atoms with van der Waals surface area (Å²) < 4.78 is 5.01. The van der Waals surface area contributed by atoms with Gasteiger partial charge in [0.05, 0.1) is 19.6 Å². The first-order chi connectivity index (χ1) is 15.8. The molecule has 0 aliphatic carbocycles. The molecule has 174 valence electrons. The van der Waals surface area contributed by atoms with E-state index >= 15 is 0 Å². The molecule has 1 aromatic heterocycles. The van der Waals surface area contributed by atoms with Crippen LogP contribution < -0.4 is 21.1 Å². The molecule has 0 aliphatic rings. The van der Waals surface area contributed by atoms with Crippen molar-refractivity contribution in [3.63, 3.8) is 0 Å².